The number of carbonyl (C=O) groups excluding carboxylic acids is 1. The molecule has 19 heavy (non-hydrogen) atoms. The monoisotopic (exact) mass is 272 g/mol. The van der Waals surface area contributed by atoms with Crippen LogP contribution in [0.3, 0.4) is 0 Å². The number of rotatable bonds is 5. The average Bonchev–Trinajstić information content (AvgIpc) is 2.19. The van der Waals surface area contributed by atoms with Crippen LogP contribution < -0.4 is 5.32 Å². The zero-order valence-corrected chi connectivity index (χ0v) is 12.1. The predicted octanol–water partition coefficient (Wildman–Crippen LogP) is 1.45. The van der Waals surface area contributed by atoms with Crippen molar-refractivity contribution in [1.82, 2.24) is 10.2 Å². The summed E-state index contributed by atoms with van der Waals surface area (Å²) < 4.78 is 5.42. The minimum absolute atomic E-state index is 0.0386. The molecule has 0 spiro atoms. The lowest BCUT2D eigenvalue weighted by Crippen LogP contribution is -2.53. The largest absolute Gasteiger partial charge is 0.480 e. The molecule has 0 saturated heterocycles. The van der Waals surface area contributed by atoms with Gasteiger partial charge in [-0.1, -0.05) is 0 Å². The molecule has 1 atom stereocenters. The summed E-state index contributed by atoms with van der Waals surface area (Å²) >= 11 is 0. The van der Waals surface area contributed by atoms with Gasteiger partial charge in [-0.15, -0.1) is 0 Å². The molecule has 0 aromatic heterocycles. The van der Waals surface area contributed by atoms with E-state index in [9.17, 15) is 9.59 Å². The van der Waals surface area contributed by atoms with Crippen LogP contribution in [-0.4, -0.2) is 53.3 Å². The second kappa shape index (κ2) is 6.23. The summed E-state index contributed by atoms with van der Waals surface area (Å²) in [6.45, 7) is 5.49. The molecular weight excluding hydrogens is 248 g/mol. The Morgan fingerprint density at radius 2 is 2.00 bits per heavy atom. The lowest BCUT2D eigenvalue weighted by Gasteiger charge is -2.35. The van der Waals surface area contributed by atoms with E-state index in [1.807, 2.05) is 20.8 Å². The molecular formula is C13H24N2O4. The third-order valence-electron chi connectivity index (χ3n) is 3.22. The fraction of sp³-hybridized carbons (Fsp3) is 0.846. The number of amides is 2. The number of nitrogens with zero attached hydrogens (tertiary/aromatic N) is 1. The van der Waals surface area contributed by atoms with Crippen LogP contribution in [0.4, 0.5) is 4.79 Å². The van der Waals surface area contributed by atoms with Gasteiger partial charge in [0.2, 0.25) is 0 Å². The molecule has 1 aliphatic rings. The maximum atomic E-state index is 11.9. The molecule has 0 aliphatic heterocycles. The normalized spacial score (nSPS) is 17.5. The highest BCUT2D eigenvalue weighted by atomic mass is 16.5. The summed E-state index contributed by atoms with van der Waals surface area (Å²) in [5.74, 6) is -1.08. The Hall–Kier alpha value is -1.30. The molecule has 1 rings (SSSR count). The fourth-order valence-corrected chi connectivity index (χ4v) is 1.70. The van der Waals surface area contributed by atoms with Gasteiger partial charge >= 0.3 is 12.0 Å². The van der Waals surface area contributed by atoms with E-state index in [2.05, 4.69) is 5.32 Å². The predicted molar refractivity (Wildman–Crippen MR) is 71.1 cm³/mol. The van der Waals surface area contributed by atoms with E-state index < -0.39 is 17.6 Å². The van der Waals surface area contributed by atoms with Crippen molar-refractivity contribution in [2.45, 2.75) is 57.7 Å². The molecule has 2 amide bonds. The molecule has 0 aromatic carbocycles. The Kier molecular flexibility index (Phi) is 5.17. The number of nitrogens with one attached hydrogen (secondary N) is 1. The van der Waals surface area contributed by atoms with E-state index >= 15 is 0 Å². The molecule has 1 aliphatic carbocycles. The van der Waals surface area contributed by atoms with Gasteiger partial charge < -0.3 is 20.1 Å². The van der Waals surface area contributed by atoms with E-state index in [-0.39, 0.29) is 18.7 Å². The van der Waals surface area contributed by atoms with Gasteiger partial charge in [-0.05, 0) is 40.0 Å². The van der Waals surface area contributed by atoms with E-state index in [4.69, 9.17) is 9.84 Å². The number of aliphatic carboxylic acids is 1. The zero-order valence-electron chi connectivity index (χ0n) is 12.1. The van der Waals surface area contributed by atoms with Crippen LogP contribution in [0.2, 0.25) is 0 Å². The van der Waals surface area contributed by atoms with E-state index in [0.717, 1.165) is 19.3 Å². The Morgan fingerprint density at radius 1 is 1.42 bits per heavy atom. The summed E-state index contributed by atoms with van der Waals surface area (Å²) in [5, 5.41) is 11.6. The molecule has 0 radical (unpaired) electrons. The van der Waals surface area contributed by atoms with Crippen molar-refractivity contribution in [3.63, 3.8) is 0 Å². The topological polar surface area (TPSA) is 78.9 Å². The maximum Gasteiger partial charge on any atom is 0.328 e. The van der Waals surface area contributed by atoms with Gasteiger partial charge in [0, 0.05) is 13.1 Å². The second-order valence-corrected chi connectivity index (χ2v) is 5.96. The first kappa shape index (κ1) is 15.8. The van der Waals surface area contributed by atoms with Crippen molar-refractivity contribution in [2.24, 2.45) is 0 Å². The zero-order chi connectivity index (χ0) is 14.6. The number of urea groups is 1. The number of carboxylic acid groups (broad SMARTS) is 1. The first-order chi connectivity index (χ1) is 8.70. The van der Waals surface area contributed by atoms with Crippen molar-refractivity contribution < 1.29 is 19.4 Å². The van der Waals surface area contributed by atoms with Gasteiger partial charge in [-0.3, -0.25) is 0 Å². The molecule has 6 heteroatoms. The molecule has 6 nitrogen and oxygen atoms in total. The number of carbonyl (C=O) groups is 2. The minimum Gasteiger partial charge on any atom is -0.480 e. The highest BCUT2D eigenvalue weighted by molar-refractivity contribution is 5.82. The van der Waals surface area contributed by atoms with Crippen molar-refractivity contribution in [1.29, 1.82) is 0 Å². The molecule has 0 unspecified atom stereocenters. The SMILES string of the molecule is CN(C(=O)N[C@@H](COC(C)(C)C)C(=O)O)C1CCC1. The van der Waals surface area contributed by atoms with Crippen molar-refractivity contribution in [3.05, 3.63) is 0 Å². The fourth-order valence-electron chi connectivity index (χ4n) is 1.70. The van der Waals surface area contributed by atoms with Crippen LogP contribution >= 0.6 is 0 Å². The highest BCUT2D eigenvalue weighted by Gasteiger charge is 2.29. The van der Waals surface area contributed by atoms with Crippen LogP contribution in [0, 0.1) is 0 Å². The lowest BCUT2D eigenvalue weighted by atomic mass is 9.92. The Balaban J connectivity index is 2.48. The molecule has 2 N–H and O–H groups in total. The molecule has 1 saturated carbocycles. The third kappa shape index (κ3) is 5.06. The summed E-state index contributed by atoms with van der Waals surface area (Å²) in [5.41, 5.74) is -0.432. The number of ether oxygens (including phenoxy) is 1. The second-order valence-electron chi connectivity index (χ2n) is 5.96. The lowest BCUT2D eigenvalue weighted by molar-refractivity contribution is -0.142. The van der Waals surface area contributed by atoms with Crippen LogP contribution in [0.15, 0.2) is 0 Å². The molecule has 0 heterocycles. The first-order valence-corrected chi connectivity index (χ1v) is 6.61. The van der Waals surface area contributed by atoms with E-state index in [1.54, 1.807) is 11.9 Å². The van der Waals surface area contributed by atoms with Gasteiger partial charge in [0.1, 0.15) is 0 Å². The summed E-state index contributed by atoms with van der Waals surface area (Å²) in [4.78, 5) is 24.6. The summed E-state index contributed by atoms with van der Waals surface area (Å²) in [7, 11) is 1.70. The quantitative estimate of drug-likeness (QED) is 0.794. The molecule has 1 fully saturated rings. The molecule has 0 aromatic rings. The van der Waals surface area contributed by atoms with Crippen LogP contribution in [0.1, 0.15) is 40.0 Å². The third-order valence-corrected chi connectivity index (χ3v) is 3.22. The number of carboxylic acids is 1. The van der Waals surface area contributed by atoms with E-state index in [0.29, 0.717) is 0 Å². The number of hydrogen-bond acceptors (Lipinski definition) is 3. The Morgan fingerprint density at radius 3 is 2.37 bits per heavy atom. The van der Waals surface area contributed by atoms with Gasteiger partial charge in [0.05, 0.1) is 12.2 Å². The smallest absolute Gasteiger partial charge is 0.328 e. The van der Waals surface area contributed by atoms with Gasteiger partial charge in [0.15, 0.2) is 6.04 Å². The first-order valence-electron chi connectivity index (χ1n) is 6.61. The van der Waals surface area contributed by atoms with Gasteiger partial charge in [-0.25, -0.2) is 9.59 Å². The molecule has 0 bridgehead atoms. The maximum absolute atomic E-state index is 11.9. The van der Waals surface area contributed by atoms with Crippen molar-refractivity contribution in [2.75, 3.05) is 13.7 Å². The van der Waals surface area contributed by atoms with Crippen molar-refractivity contribution in [3.8, 4) is 0 Å². The standard InChI is InChI=1S/C13H24N2O4/c1-13(2,3)19-8-10(11(16)17)14-12(18)15(4)9-6-5-7-9/h9-10H,5-8H2,1-4H3,(H,14,18)(H,16,17)/t10-/m0/s1. The van der Waals surface area contributed by atoms with Crippen LogP contribution in [0.5, 0.6) is 0 Å². The Bertz CT molecular complexity index is 334. The van der Waals surface area contributed by atoms with Crippen LogP contribution in [-0.2, 0) is 9.53 Å². The minimum atomic E-state index is -1.08. The number of hydrogen-bond donors (Lipinski definition) is 2. The summed E-state index contributed by atoms with van der Waals surface area (Å²) in [6.07, 6.45) is 3.10. The van der Waals surface area contributed by atoms with Gasteiger partial charge in [0.25, 0.3) is 0 Å². The average molecular weight is 272 g/mol. The molecule has 110 valence electrons. The van der Waals surface area contributed by atoms with Crippen molar-refractivity contribution >= 4 is 12.0 Å². The summed E-state index contributed by atoms with van der Waals surface area (Å²) in [6, 6.07) is -1.14. The highest BCUT2D eigenvalue weighted by Crippen LogP contribution is 2.23. The Labute approximate surface area is 114 Å². The van der Waals surface area contributed by atoms with Gasteiger partial charge in [-0.2, -0.15) is 0 Å². The van der Waals surface area contributed by atoms with E-state index in [1.165, 1.54) is 0 Å². The van der Waals surface area contributed by atoms with Crippen LogP contribution in [0.25, 0.3) is 0 Å².